The quantitative estimate of drug-likeness (QED) is 0.920. The van der Waals surface area contributed by atoms with Crippen LogP contribution in [0.2, 0.25) is 0 Å². The summed E-state index contributed by atoms with van der Waals surface area (Å²) in [5.74, 6) is 0.0503. The molecule has 1 rings (SSSR count). The summed E-state index contributed by atoms with van der Waals surface area (Å²) in [6.45, 7) is 1.83. The molecule has 1 atom stereocenters. The fraction of sp³-hybridized carbons (Fsp3) is 0.444. The number of halogens is 1. The molecular weight excluding hydrogens is 264 g/mol. The van der Waals surface area contributed by atoms with E-state index in [0.717, 1.165) is 9.47 Å². The van der Waals surface area contributed by atoms with Crippen molar-refractivity contribution in [3.8, 4) is 0 Å². The van der Waals surface area contributed by atoms with E-state index in [9.17, 15) is 4.79 Å². The number of carbonyl (C=O) groups excluding carboxylic acids is 1. The summed E-state index contributed by atoms with van der Waals surface area (Å²) in [6.07, 6.45) is 0.381. The lowest BCUT2D eigenvalue weighted by Crippen LogP contribution is -2.31. The van der Waals surface area contributed by atoms with E-state index in [2.05, 4.69) is 15.9 Å². The molecule has 1 amide bonds. The fourth-order valence-corrected chi connectivity index (χ4v) is 2.42. The standard InChI is InChI=1S/C9H13BrN2OS/c1-6(11)3-8(13)12(2)9-4-7(10)5-14-9/h4-6H,3,11H2,1-2H3. The summed E-state index contributed by atoms with van der Waals surface area (Å²) < 4.78 is 0.998. The van der Waals surface area contributed by atoms with Crippen molar-refractivity contribution in [1.29, 1.82) is 0 Å². The monoisotopic (exact) mass is 276 g/mol. The van der Waals surface area contributed by atoms with Gasteiger partial charge in [-0.05, 0) is 28.9 Å². The Bertz CT molecular complexity index is 324. The summed E-state index contributed by atoms with van der Waals surface area (Å²) in [5, 5.41) is 2.88. The predicted octanol–water partition coefficient (Wildman–Crippen LogP) is 2.21. The molecule has 2 N–H and O–H groups in total. The number of carbonyl (C=O) groups is 1. The van der Waals surface area contributed by atoms with Crippen molar-refractivity contribution in [2.45, 2.75) is 19.4 Å². The average molecular weight is 277 g/mol. The Kier molecular flexibility index (Phi) is 4.10. The average Bonchev–Trinajstić information content (AvgIpc) is 2.49. The van der Waals surface area contributed by atoms with Crippen LogP contribution in [0.3, 0.4) is 0 Å². The van der Waals surface area contributed by atoms with Crippen molar-refractivity contribution in [3.05, 3.63) is 15.9 Å². The third-order valence-electron chi connectivity index (χ3n) is 1.75. The molecule has 0 aliphatic carbocycles. The Morgan fingerprint density at radius 2 is 2.43 bits per heavy atom. The van der Waals surface area contributed by atoms with Gasteiger partial charge in [-0.3, -0.25) is 4.79 Å². The molecule has 1 aromatic rings. The number of anilines is 1. The Balaban J connectivity index is 2.65. The molecule has 1 aromatic heterocycles. The fourth-order valence-electron chi connectivity index (χ4n) is 1.01. The van der Waals surface area contributed by atoms with Gasteiger partial charge in [-0.25, -0.2) is 0 Å². The van der Waals surface area contributed by atoms with Crippen LogP contribution in [0.4, 0.5) is 5.00 Å². The second kappa shape index (κ2) is 4.91. The van der Waals surface area contributed by atoms with Crippen molar-refractivity contribution in [1.82, 2.24) is 0 Å². The second-order valence-electron chi connectivity index (χ2n) is 3.24. The largest absolute Gasteiger partial charge is 0.327 e. The molecule has 78 valence electrons. The molecule has 0 radical (unpaired) electrons. The molecule has 0 fully saturated rings. The number of hydrogen-bond acceptors (Lipinski definition) is 3. The van der Waals surface area contributed by atoms with E-state index in [1.54, 1.807) is 11.9 Å². The molecule has 1 unspecified atom stereocenters. The number of nitrogens with two attached hydrogens (primary N) is 1. The topological polar surface area (TPSA) is 46.3 Å². The van der Waals surface area contributed by atoms with Gasteiger partial charge >= 0.3 is 0 Å². The second-order valence-corrected chi connectivity index (χ2v) is 5.04. The van der Waals surface area contributed by atoms with Crippen molar-refractivity contribution >= 4 is 38.2 Å². The summed E-state index contributed by atoms with van der Waals surface area (Å²) >= 11 is 4.88. The van der Waals surface area contributed by atoms with Gasteiger partial charge in [0.05, 0.1) is 5.00 Å². The van der Waals surface area contributed by atoms with Crippen molar-refractivity contribution in [2.24, 2.45) is 5.73 Å². The molecular formula is C9H13BrN2OS. The van der Waals surface area contributed by atoms with Crippen molar-refractivity contribution in [2.75, 3.05) is 11.9 Å². The predicted molar refractivity (Wildman–Crippen MR) is 63.7 cm³/mol. The summed E-state index contributed by atoms with van der Waals surface area (Å²) in [4.78, 5) is 13.2. The Hall–Kier alpha value is -0.390. The maximum atomic E-state index is 11.6. The van der Waals surface area contributed by atoms with Gasteiger partial charge in [-0.1, -0.05) is 0 Å². The first kappa shape index (κ1) is 11.7. The number of nitrogens with zero attached hydrogens (tertiary/aromatic N) is 1. The molecule has 0 saturated carbocycles. The van der Waals surface area contributed by atoms with Gasteiger partial charge in [0.15, 0.2) is 0 Å². The van der Waals surface area contributed by atoms with Crippen LogP contribution in [0.15, 0.2) is 15.9 Å². The van der Waals surface area contributed by atoms with Gasteiger partial charge in [-0.15, -0.1) is 11.3 Å². The van der Waals surface area contributed by atoms with Crippen LogP contribution in [0.5, 0.6) is 0 Å². The van der Waals surface area contributed by atoms with E-state index in [0.29, 0.717) is 6.42 Å². The van der Waals surface area contributed by atoms with Gasteiger partial charge in [0, 0.05) is 29.4 Å². The Labute approximate surface area is 96.0 Å². The summed E-state index contributed by atoms with van der Waals surface area (Å²) in [5.41, 5.74) is 5.56. The normalized spacial score (nSPS) is 12.6. The van der Waals surface area contributed by atoms with Crippen LogP contribution < -0.4 is 10.6 Å². The van der Waals surface area contributed by atoms with Gasteiger partial charge in [0.25, 0.3) is 0 Å². The molecule has 0 aromatic carbocycles. The number of thiophene rings is 1. The maximum absolute atomic E-state index is 11.6. The molecule has 0 aliphatic rings. The number of hydrogen-bond donors (Lipinski definition) is 1. The van der Waals surface area contributed by atoms with E-state index >= 15 is 0 Å². The molecule has 1 heterocycles. The van der Waals surface area contributed by atoms with Crippen LogP contribution in [0, 0.1) is 0 Å². The first-order valence-corrected chi connectivity index (χ1v) is 5.94. The van der Waals surface area contributed by atoms with E-state index in [-0.39, 0.29) is 11.9 Å². The SMILES string of the molecule is CC(N)CC(=O)N(C)c1cc(Br)cs1. The van der Waals surface area contributed by atoms with Gasteiger partial charge in [0.2, 0.25) is 5.91 Å². The van der Waals surface area contributed by atoms with Gasteiger partial charge in [0.1, 0.15) is 0 Å². The maximum Gasteiger partial charge on any atom is 0.228 e. The molecule has 5 heteroatoms. The lowest BCUT2D eigenvalue weighted by atomic mass is 10.2. The van der Waals surface area contributed by atoms with E-state index in [1.807, 2.05) is 18.4 Å². The van der Waals surface area contributed by atoms with Gasteiger partial charge in [-0.2, -0.15) is 0 Å². The first-order chi connectivity index (χ1) is 6.50. The van der Waals surface area contributed by atoms with E-state index < -0.39 is 0 Å². The Morgan fingerprint density at radius 3 is 2.86 bits per heavy atom. The minimum atomic E-state index is -0.0895. The number of rotatable bonds is 3. The summed E-state index contributed by atoms with van der Waals surface area (Å²) in [6, 6.07) is 1.83. The highest BCUT2D eigenvalue weighted by atomic mass is 79.9. The molecule has 3 nitrogen and oxygen atoms in total. The highest BCUT2D eigenvalue weighted by Gasteiger charge is 2.13. The van der Waals surface area contributed by atoms with Crippen LogP contribution in [0.1, 0.15) is 13.3 Å². The zero-order chi connectivity index (χ0) is 10.7. The molecule has 0 saturated heterocycles. The lowest BCUT2D eigenvalue weighted by molar-refractivity contribution is -0.118. The van der Waals surface area contributed by atoms with Gasteiger partial charge < -0.3 is 10.6 Å². The lowest BCUT2D eigenvalue weighted by Gasteiger charge is -2.15. The first-order valence-electron chi connectivity index (χ1n) is 4.27. The van der Waals surface area contributed by atoms with Crippen LogP contribution in [-0.4, -0.2) is 19.0 Å². The molecule has 14 heavy (non-hydrogen) atoms. The van der Waals surface area contributed by atoms with Crippen molar-refractivity contribution < 1.29 is 4.79 Å². The van der Waals surface area contributed by atoms with Crippen LogP contribution >= 0.6 is 27.3 Å². The van der Waals surface area contributed by atoms with Crippen LogP contribution in [-0.2, 0) is 4.79 Å². The minimum Gasteiger partial charge on any atom is -0.327 e. The molecule has 0 aliphatic heterocycles. The highest BCUT2D eigenvalue weighted by Crippen LogP contribution is 2.27. The third-order valence-corrected chi connectivity index (χ3v) is 3.52. The molecule has 0 spiro atoms. The zero-order valence-electron chi connectivity index (χ0n) is 8.16. The Morgan fingerprint density at radius 1 is 1.79 bits per heavy atom. The van der Waals surface area contributed by atoms with E-state index in [1.165, 1.54) is 11.3 Å². The van der Waals surface area contributed by atoms with Crippen LogP contribution in [0.25, 0.3) is 0 Å². The van der Waals surface area contributed by atoms with Crippen molar-refractivity contribution in [3.63, 3.8) is 0 Å². The highest BCUT2D eigenvalue weighted by molar-refractivity contribution is 9.10. The molecule has 0 bridgehead atoms. The smallest absolute Gasteiger partial charge is 0.228 e. The summed E-state index contributed by atoms with van der Waals surface area (Å²) in [7, 11) is 1.77. The minimum absolute atomic E-state index is 0.0503. The third kappa shape index (κ3) is 3.08. The number of amides is 1. The zero-order valence-corrected chi connectivity index (χ0v) is 10.6. The van der Waals surface area contributed by atoms with E-state index in [4.69, 9.17) is 5.73 Å².